The Hall–Kier alpha value is -1.59. The SMILES string of the molecule is CCC(=O)N1CCCC2(C1)NC(=O)NC2=O. The van der Waals surface area contributed by atoms with Crippen molar-refractivity contribution in [2.75, 3.05) is 13.1 Å². The minimum atomic E-state index is -0.889. The fourth-order valence-corrected chi connectivity index (χ4v) is 2.31. The standard InChI is InChI=1S/C10H15N3O3/c1-2-7(14)13-5-3-4-10(6-13)8(15)11-9(16)12-10/h2-6H2,1H3,(H2,11,12,15,16). The van der Waals surface area contributed by atoms with Crippen molar-refractivity contribution in [1.82, 2.24) is 15.5 Å². The van der Waals surface area contributed by atoms with Gasteiger partial charge in [0, 0.05) is 13.0 Å². The molecule has 2 heterocycles. The summed E-state index contributed by atoms with van der Waals surface area (Å²) in [7, 11) is 0. The van der Waals surface area contributed by atoms with E-state index in [0.717, 1.165) is 6.42 Å². The van der Waals surface area contributed by atoms with Crippen LogP contribution in [0, 0.1) is 0 Å². The van der Waals surface area contributed by atoms with Gasteiger partial charge in [-0.15, -0.1) is 0 Å². The van der Waals surface area contributed by atoms with Gasteiger partial charge in [0.15, 0.2) is 0 Å². The Balaban J connectivity index is 2.15. The van der Waals surface area contributed by atoms with Gasteiger partial charge >= 0.3 is 6.03 Å². The summed E-state index contributed by atoms with van der Waals surface area (Å²) in [6, 6.07) is -0.462. The van der Waals surface area contributed by atoms with Crippen molar-refractivity contribution >= 4 is 17.8 Å². The lowest BCUT2D eigenvalue weighted by Gasteiger charge is -2.37. The highest BCUT2D eigenvalue weighted by molar-refractivity contribution is 6.07. The number of hydrogen-bond donors (Lipinski definition) is 2. The van der Waals surface area contributed by atoms with Gasteiger partial charge in [-0.2, -0.15) is 0 Å². The maximum absolute atomic E-state index is 11.7. The molecule has 88 valence electrons. The van der Waals surface area contributed by atoms with Crippen molar-refractivity contribution in [3.63, 3.8) is 0 Å². The van der Waals surface area contributed by atoms with E-state index in [1.165, 1.54) is 0 Å². The second kappa shape index (κ2) is 3.77. The summed E-state index contributed by atoms with van der Waals surface area (Å²) in [4.78, 5) is 36.0. The monoisotopic (exact) mass is 225 g/mol. The van der Waals surface area contributed by atoms with Gasteiger partial charge in [-0.3, -0.25) is 14.9 Å². The van der Waals surface area contributed by atoms with E-state index < -0.39 is 11.6 Å². The van der Waals surface area contributed by atoms with Crippen molar-refractivity contribution < 1.29 is 14.4 Å². The summed E-state index contributed by atoms with van der Waals surface area (Å²) in [5.74, 6) is -0.292. The summed E-state index contributed by atoms with van der Waals surface area (Å²) in [5, 5.41) is 4.86. The van der Waals surface area contributed by atoms with Crippen LogP contribution >= 0.6 is 0 Å². The minimum absolute atomic E-state index is 0.0213. The summed E-state index contributed by atoms with van der Waals surface area (Å²) in [6.07, 6.45) is 1.75. The summed E-state index contributed by atoms with van der Waals surface area (Å²) < 4.78 is 0. The molecule has 4 amide bonds. The molecule has 2 saturated heterocycles. The first-order valence-electron chi connectivity index (χ1n) is 5.49. The molecule has 2 N–H and O–H groups in total. The van der Waals surface area contributed by atoms with Crippen LogP contribution in [0.3, 0.4) is 0 Å². The first-order valence-corrected chi connectivity index (χ1v) is 5.49. The van der Waals surface area contributed by atoms with Gasteiger partial charge < -0.3 is 10.2 Å². The third-order valence-corrected chi connectivity index (χ3v) is 3.16. The molecule has 6 nitrogen and oxygen atoms in total. The van der Waals surface area contributed by atoms with Crippen LogP contribution in [-0.4, -0.2) is 41.4 Å². The van der Waals surface area contributed by atoms with E-state index in [-0.39, 0.29) is 18.4 Å². The lowest BCUT2D eigenvalue weighted by Crippen LogP contribution is -2.59. The molecule has 0 bridgehead atoms. The molecular formula is C10H15N3O3. The molecule has 2 rings (SSSR count). The molecule has 0 aromatic rings. The first kappa shape index (κ1) is 10.9. The van der Waals surface area contributed by atoms with Gasteiger partial charge in [0.2, 0.25) is 5.91 Å². The number of urea groups is 1. The smallest absolute Gasteiger partial charge is 0.322 e. The Kier molecular flexibility index (Phi) is 2.57. The van der Waals surface area contributed by atoms with E-state index in [9.17, 15) is 14.4 Å². The maximum atomic E-state index is 11.7. The van der Waals surface area contributed by atoms with Crippen LogP contribution in [0.4, 0.5) is 4.79 Å². The number of carbonyl (C=O) groups excluding carboxylic acids is 3. The average Bonchev–Trinajstić information content (AvgIpc) is 2.52. The third-order valence-electron chi connectivity index (χ3n) is 3.16. The van der Waals surface area contributed by atoms with E-state index in [0.29, 0.717) is 19.4 Å². The van der Waals surface area contributed by atoms with E-state index in [1.54, 1.807) is 11.8 Å². The zero-order chi connectivity index (χ0) is 11.8. The molecule has 0 saturated carbocycles. The molecule has 0 radical (unpaired) electrons. The third kappa shape index (κ3) is 1.64. The average molecular weight is 225 g/mol. The molecule has 16 heavy (non-hydrogen) atoms. The van der Waals surface area contributed by atoms with Crippen LogP contribution in [0.15, 0.2) is 0 Å². The second-order valence-corrected chi connectivity index (χ2v) is 4.26. The van der Waals surface area contributed by atoms with Crippen molar-refractivity contribution in [2.45, 2.75) is 31.7 Å². The number of hydrogen-bond acceptors (Lipinski definition) is 3. The quantitative estimate of drug-likeness (QED) is 0.596. The molecule has 2 aliphatic heterocycles. The molecule has 2 aliphatic rings. The zero-order valence-corrected chi connectivity index (χ0v) is 9.21. The Morgan fingerprint density at radius 1 is 1.50 bits per heavy atom. The largest absolute Gasteiger partial charge is 0.340 e. The highest BCUT2D eigenvalue weighted by Crippen LogP contribution is 2.24. The normalized spacial score (nSPS) is 29.2. The molecule has 0 aromatic heterocycles. The number of amides is 4. The predicted octanol–water partition coefficient (Wildman–Crippen LogP) is -0.403. The zero-order valence-electron chi connectivity index (χ0n) is 9.21. The number of nitrogens with one attached hydrogen (secondary N) is 2. The van der Waals surface area contributed by atoms with Crippen LogP contribution in [0.1, 0.15) is 26.2 Å². The number of carbonyl (C=O) groups is 3. The number of likely N-dealkylation sites (tertiary alicyclic amines) is 1. The lowest BCUT2D eigenvalue weighted by atomic mass is 9.89. The molecule has 0 aromatic carbocycles. The first-order chi connectivity index (χ1) is 7.57. The summed E-state index contributed by atoms with van der Waals surface area (Å²) in [6.45, 7) is 2.74. The Morgan fingerprint density at radius 2 is 2.25 bits per heavy atom. The molecule has 6 heteroatoms. The van der Waals surface area contributed by atoms with Gasteiger partial charge in [-0.25, -0.2) is 4.79 Å². The fraction of sp³-hybridized carbons (Fsp3) is 0.700. The number of rotatable bonds is 1. The Labute approximate surface area is 93.4 Å². The van der Waals surface area contributed by atoms with E-state index >= 15 is 0 Å². The molecule has 1 atom stereocenters. The predicted molar refractivity (Wildman–Crippen MR) is 55.5 cm³/mol. The van der Waals surface area contributed by atoms with Gasteiger partial charge in [0.05, 0.1) is 6.54 Å². The van der Waals surface area contributed by atoms with Gasteiger partial charge in [0.25, 0.3) is 5.91 Å². The molecular weight excluding hydrogens is 210 g/mol. The summed E-state index contributed by atoms with van der Waals surface area (Å²) in [5.41, 5.74) is -0.889. The van der Waals surface area contributed by atoms with Crippen LogP contribution in [0.25, 0.3) is 0 Å². The molecule has 1 unspecified atom stereocenters. The van der Waals surface area contributed by atoms with Crippen LogP contribution in [-0.2, 0) is 9.59 Å². The lowest BCUT2D eigenvalue weighted by molar-refractivity contribution is -0.135. The van der Waals surface area contributed by atoms with Crippen molar-refractivity contribution in [1.29, 1.82) is 0 Å². The minimum Gasteiger partial charge on any atom is -0.340 e. The van der Waals surface area contributed by atoms with E-state index in [1.807, 2.05) is 0 Å². The second-order valence-electron chi connectivity index (χ2n) is 4.26. The van der Waals surface area contributed by atoms with E-state index in [2.05, 4.69) is 10.6 Å². The number of imide groups is 1. The fourth-order valence-electron chi connectivity index (χ4n) is 2.31. The Morgan fingerprint density at radius 3 is 2.81 bits per heavy atom. The van der Waals surface area contributed by atoms with E-state index in [4.69, 9.17) is 0 Å². The number of piperidine rings is 1. The summed E-state index contributed by atoms with van der Waals surface area (Å²) >= 11 is 0. The van der Waals surface area contributed by atoms with Gasteiger partial charge in [-0.05, 0) is 12.8 Å². The van der Waals surface area contributed by atoms with Crippen LogP contribution < -0.4 is 10.6 Å². The maximum Gasteiger partial charge on any atom is 0.322 e. The van der Waals surface area contributed by atoms with Crippen LogP contribution in [0.5, 0.6) is 0 Å². The molecule has 1 spiro atoms. The van der Waals surface area contributed by atoms with Gasteiger partial charge in [-0.1, -0.05) is 6.92 Å². The van der Waals surface area contributed by atoms with Crippen LogP contribution in [0.2, 0.25) is 0 Å². The topological polar surface area (TPSA) is 78.5 Å². The van der Waals surface area contributed by atoms with Gasteiger partial charge in [0.1, 0.15) is 5.54 Å². The number of nitrogens with zero attached hydrogens (tertiary/aromatic N) is 1. The highest BCUT2D eigenvalue weighted by Gasteiger charge is 2.49. The molecule has 0 aliphatic carbocycles. The van der Waals surface area contributed by atoms with Crippen molar-refractivity contribution in [2.24, 2.45) is 0 Å². The van der Waals surface area contributed by atoms with Crippen molar-refractivity contribution in [3.8, 4) is 0 Å². The highest BCUT2D eigenvalue weighted by atomic mass is 16.2. The van der Waals surface area contributed by atoms with Crippen molar-refractivity contribution in [3.05, 3.63) is 0 Å². The molecule has 2 fully saturated rings. The Bertz CT molecular complexity index is 355.